The first-order chi connectivity index (χ1) is 14.6. The first kappa shape index (κ1) is 20.3. The first-order valence-corrected chi connectivity index (χ1v) is 10.6. The van der Waals surface area contributed by atoms with Crippen molar-refractivity contribution in [2.24, 2.45) is 7.05 Å². The molecule has 0 unspecified atom stereocenters. The molecule has 3 aromatic rings. The van der Waals surface area contributed by atoms with Crippen molar-refractivity contribution in [2.75, 3.05) is 6.61 Å². The van der Waals surface area contributed by atoms with Crippen LogP contribution in [0.25, 0.3) is 11.4 Å². The second-order valence-corrected chi connectivity index (χ2v) is 7.63. The van der Waals surface area contributed by atoms with Crippen LogP contribution in [-0.2, 0) is 37.8 Å². The lowest BCUT2D eigenvalue weighted by molar-refractivity contribution is 0.0964. The summed E-state index contributed by atoms with van der Waals surface area (Å²) in [6.07, 6.45) is 4.25. The highest BCUT2D eigenvalue weighted by Gasteiger charge is 2.30. The van der Waals surface area contributed by atoms with Crippen LogP contribution < -0.4 is 5.32 Å². The maximum absolute atomic E-state index is 12.6. The van der Waals surface area contributed by atoms with Gasteiger partial charge in [0.15, 0.2) is 0 Å². The summed E-state index contributed by atoms with van der Waals surface area (Å²) in [5, 5.41) is 7.50. The lowest BCUT2D eigenvalue weighted by Gasteiger charge is -2.17. The molecule has 1 N–H and O–H groups in total. The number of carbonyl (C=O) groups excluding carboxylic acids is 1. The maximum Gasteiger partial charge on any atom is 0.253 e. The number of pyridine rings is 1. The van der Waals surface area contributed by atoms with Crippen molar-refractivity contribution in [3.05, 3.63) is 70.0 Å². The summed E-state index contributed by atoms with van der Waals surface area (Å²) >= 11 is 0. The van der Waals surface area contributed by atoms with Gasteiger partial charge in [-0.3, -0.25) is 14.5 Å². The van der Waals surface area contributed by atoms with Crippen LogP contribution >= 0.6 is 0 Å². The molecule has 0 saturated carbocycles. The number of nitrogens with one attached hydrogen (secondary N) is 1. The fourth-order valence-electron chi connectivity index (χ4n) is 4.11. The number of ether oxygens (including phenoxy) is 1. The number of nitrogens with zero attached hydrogens (tertiary/aromatic N) is 3. The van der Waals surface area contributed by atoms with Gasteiger partial charge in [0.2, 0.25) is 0 Å². The molecule has 1 amide bonds. The van der Waals surface area contributed by atoms with E-state index in [0.29, 0.717) is 32.6 Å². The monoisotopic (exact) mass is 404 g/mol. The molecule has 6 heteroatoms. The second-order valence-electron chi connectivity index (χ2n) is 7.63. The summed E-state index contributed by atoms with van der Waals surface area (Å²) in [6, 6.07) is 10.3. The summed E-state index contributed by atoms with van der Waals surface area (Å²) < 4.78 is 7.69. The third-order valence-electron chi connectivity index (χ3n) is 5.54. The van der Waals surface area contributed by atoms with Crippen molar-refractivity contribution in [3.63, 3.8) is 0 Å². The number of benzene rings is 1. The molecule has 0 radical (unpaired) electrons. The zero-order valence-corrected chi connectivity index (χ0v) is 17.9. The molecule has 3 heterocycles. The van der Waals surface area contributed by atoms with Crippen molar-refractivity contribution in [1.29, 1.82) is 0 Å². The average Bonchev–Trinajstić information content (AvgIpc) is 3.32. The number of carbonyl (C=O) groups is 1. The number of aromatic nitrogens is 3. The normalized spacial score (nSPS) is 12.8. The van der Waals surface area contributed by atoms with Gasteiger partial charge in [0, 0.05) is 32.2 Å². The van der Waals surface area contributed by atoms with Crippen LogP contribution in [0.2, 0.25) is 0 Å². The van der Waals surface area contributed by atoms with Crippen LogP contribution in [0.5, 0.6) is 0 Å². The Balaban J connectivity index is 1.89. The van der Waals surface area contributed by atoms with Gasteiger partial charge in [-0.15, -0.1) is 0 Å². The van der Waals surface area contributed by atoms with E-state index >= 15 is 0 Å². The summed E-state index contributed by atoms with van der Waals surface area (Å²) in [6.45, 7) is 5.89. The molecule has 6 nitrogen and oxygen atoms in total. The number of rotatable bonds is 8. The van der Waals surface area contributed by atoms with E-state index in [9.17, 15) is 4.79 Å². The molecule has 0 bridgehead atoms. The van der Waals surface area contributed by atoms with Crippen molar-refractivity contribution in [3.8, 4) is 11.4 Å². The maximum atomic E-state index is 12.6. The van der Waals surface area contributed by atoms with Gasteiger partial charge in [-0.25, -0.2) is 0 Å². The number of fused-ring (bicyclic) bond motifs is 1. The summed E-state index contributed by atoms with van der Waals surface area (Å²) in [7, 11) is 1.94. The lowest BCUT2D eigenvalue weighted by atomic mass is 9.92. The molecule has 2 aromatic heterocycles. The minimum Gasteiger partial charge on any atom is -0.377 e. The zero-order chi connectivity index (χ0) is 21.1. The van der Waals surface area contributed by atoms with E-state index in [2.05, 4.69) is 29.5 Å². The summed E-state index contributed by atoms with van der Waals surface area (Å²) in [5.74, 6) is -0.0216. The average molecular weight is 405 g/mol. The fourth-order valence-corrected chi connectivity index (χ4v) is 4.11. The topological polar surface area (TPSA) is 69.0 Å². The third-order valence-corrected chi connectivity index (χ3v) is 5.54. The smallest absolute Gasteiger partial charge is 0.253 e. The van der Waals surface area contributed by atoms with E-state index < -0.39 is 0 Å². The molecule has 1 aliphatic rings. The van der Waals surface area contributed by atoms with Gasteiger partial charge in [-0.2, -0.15) is 5.10 Å². The largest absolute Gasteiger partial charge is 0.377 e. The van der Waals surface area contributed by atoms with Gasteiger partial charge in [0.25, 0.3) is 5.91 Å². The fraction of sp³-hybridized carbons (Fsp3) is 0.375. The molecule has 156 valence electrons. The quantitative estimate of drug-likeness (QED) is 0.580. The zero-order valence-electron chi connectivity index (χ0n) is 17.9. The molecular weight excluding hydrogens is 376 g/mol. The van der Waals surface area contributed by atoms with Crippen LogP contribution in [0, 0.1) is 0 Å². The summed E-state index contributed by atoms with van der Waals surface area (Å²) in [4.78, 5) is 17.6. The first-order valence-electron chi connectivity index (χ1n) is 10.6. The van der Waals surface area contributed by atoms with Crippen molar-refractivity contribution in [1.82, 2.24) is 20.1 Å². The van der Waals surface area contributed by atoms with Crippen molar-refractivity contribution in [2.45, 2.75) is 46.3 Å². The molecule has 1 aliphatic heterocycles. The Bertz CT molecular complexity index is 1060. The van der Waals surface area contributed by atoms with Crippen molar-refractivity contribution >= 4 is 5.91 Å². The number of amides is 1. The van der Waals surface area contributed by atoms with Crippen LogP contribution in [0.4, 0.5) is 0 Å². The van der Waals surface area contributed by atoms with Crippen LogP contribution in [-0.4, -0.2) is 27.3 Å². The van der Waals surface area contributed by atoms with Crippen LogP contribution in [0.3, 0.4) is 0 Å². The van der Waals surface area contributed by atoms with Crippen molar-refractivity contribution < 1.29 is 9.53 Å². The summed E-state index contributed by atoms with van der Waals surface area (Å²) in [5.41, 5.74) is 7.82. The highest BCUT2D eigenvalue weighted by atomic mass is 16.5. The molecule has 4 rings (SSSR count). The Labute approximate surface area is 177 Å². The van der Waals surface area contributed by atoms with E-state index in [0.717, 1.165) is 45.8 Å². The Kier molecular flexibility index (Phi) is 5.95. The molecule has 0 spiro atoms. The van der Waals surface area contributed by atoms with E-state index in [1.165, 1.54) is 5.56 Å². The highest BCUT2D eigenvalue weighted by molar-refractivity contribution is 6.00. The van der Waals surface area contributed by atoms with E-state index in [-0.39, 0.29) is 5.91 Å². The van der Waals surface area contributed by atoms with Gasteiger partial charge in [0.05, 0.1) is 35.4 Å². The second kappa shape index (κ2) is 8.79. The van der Waals surface area contributed by atoms with Gasteiger partial charge in [-0.05, 0) is 29.5 Å². The number of aryl methyl sites for hydroxylation is 2. The predicted octanol–water partition coefficient (Wildman–Crippen LogP) is 3.81. The Morgan fingerprint density at radius 1 is 1.20 bits per heavy atom. The number of hydrogen-bond donors (Lipinski definition) is 1. The Morgan fingerprint density at radius 3 is 2.73 bits per heavy atom. The van der Waals surface area contributed by atoms with E-state index in [1.807, 2.05) is 43.0 Å². The molecule has 0 atom stereocenters. The molecule has 30 heavy (non-hydrogen) atoms. The Hall–Kier alpha value is -2.99. The minimum absolute atomic E-state index is 0.0216. The highest BCUT2D eigenvalue weighted by Crippen LogP contribution is 2.34. The minimum atomic E-state index is -0.0216. The molecule has 0 saturated heterocycles. The molecular formula is C24H28N4O2. The third kappa shape index (κ3) is 3.75. The van der Waals surface area contributed by atoms with E-state index in [1.54, 1.807) is 0 Å². The molecule has 1 aromatic carbocycles. The van der Waals surface area contributed by atoms with Gasteiger partial charge in [0.1, 0.15) is 0 Å². The molecule has 0 fully saturated rings. The lowest BCUT2D eigenvalue weighted by Crippen LogP contribution is -2.14. The SMILES string of the molecule is CCCOCc1cnn(C)c1-c1nc(CC)c2c(c1Cc1ccccc1)CNC2=O. The number of hydrogen-bond acceptors (Lipinski definition) is 4. The molecule has 0 aliphatic carbocycles. The predicted molar refractivity (Wildman–Crippen MR) is 116 cm³/mol. The van der Waals surface area contributed by atoms with E-state index in [4.69, 9.17) is 9.72 Å². The van der Waals surface area contributed by atoms with Gasteiger partial charge in [-0.1, -0.05) is 44.2 Å². The Morgan fingerprint density at radius 2 is 2.00 bits per heavy atom. The van der Waals surface area contributed by atoms with Crippen LogP contribution in [0.15, 0.2) is 36.5 Å². The van der Waals surface area contributed by atoms with Crippen LogP contribution in [0.1, 0.15) is 58.6 Å². The van der Waals surface area contributed by atoms with Gasteiger partial charge < -0.3 is 10.1 Å². The standard InChI is InChI=1S/C24H28N4O2/c1-4-11-30-15-17-13-26-28(3)23(17)22-18(12-16-9-7-6-8-10-16)19-14-25-24(29)21(19)20(5-2)27-22/h6-10,13H,4-5,11-12,14-15H2,1-3H3,(H,25,29). The van der Waals surface area contributed by atoms with Gasteiger partial charge >= 0.3 is 0 Å².